The van der Waals surface area contributed by atoms with Crippen molar-refractivity contribution in [2.75, 3.05) is 5.32 Å². The molecule has 0 aliphatic carbocycles. The van der Waals surface area contributed by atoms with Crippen molar-refractivity contribution in [3.8, 4) is 11.5 Å². The molecule has 0 radical (unpaired) electrons. The summed E-state index contributed by atoms with van der Waals surface area (Å²) in [7, 11) is 0. The molecule has 3 nitrogen and oxygen atoms in total. The first kappa shape index (κ1) is 29.1. The predicted molar refractivity (Wildman–Crippen MR) is 152 cm³/mol. The lowest BCUT2D eigenvalue weighted by molar-refractivity contribution is 0.391. The first-order chi connectivity index (χ1) is 15.6. The molecule has 3 N–H and O–H groups in total. The summed E-state index contributed by atoms with van der Waals surface area (Å²) >= 11 is 0. The zero-order valence-corrected chi connectivity index (χ0v) is 24.5. The largest absolute Gasteiger partial charge is 0.505 e. The second-order valence-corrected chi connectivity index (χ2v) is 15.4. The molecule has 196 valence electrons. The van der Waals surface area contributed by atoms with Gasteiger partial charge in [-0.05, 0) is 81.7 Å². The normalized spacial score (nSPS) is 13.3. The summed E-state index contributed by atoms with van der Waals surface area (Å²) in [5.41, 5.74) is 5.95. The van der Waals surface area contributed by atoms with Crippen molar-refractivity contribution >= 4 is 11.4 Å². The van der Waals surface area contributed by atoms with Crippen LogP contribution in [-0.2, 0) is 25.7 Å². The van der Waals surface area contributed by atoms with Crippen molar-refractivity contribution < 1.29 is 10.2 Å². The Hall–Kier alpha value is -2.16. The monoisotopic (exact) mass is 481 g/mol. The smallest absolute Gasteiger partial charge is 0.142 e. The van der Waals surface area contributed by atoms with E-state index in [0.717, 1.165) is 36.8 Å². The molecule has 0 amide bonds. The van der Waals surface area contributed by atoms with Crippen LogP contribution in [0.2, 0.25) is 0 Å². The quantitative estimate of drug-likeness (QED) is 0.360. The van der Waals surface area contributed by atoms with E-state index in [-0.39, 0.29) is 33.2 Å². The third-order valence-corrected chi connectivity index (χ3v) is 5.68. The van der Waals surface area contributed by atoms with E-state index in [9.17, 15) is 10.2 Å². The number of rotatable bonds is 6. The Morgan fingerprint density at radius 2 is 0.771 bits per heavy atom. The average molecular weight is 482 g/mol. The van der Waals surface area contributed by atoms with E-state index in [0.29, 0.717) is 11.4 Å². The first-order valence-corrected chi connectivity index (χ1v) is 13.1. The van der Waals surface area contributed by atoms with E-state index in [1.165, 1.54) is 11.1 Å². The lowest BCUT2D eigenvalue weighted by atomic mass is 9.83. The van der Waals surface area contributed by atoms with Gasteiger partial charge in [-0.15, -0.1) is 0 Å². The van der Waals surface area contributed by atoms with Crippen molar-refractivity contribution in [2.45, 2.75) is 109 Å². The minimum Gasteiger partial charge on any atom is -0.505 e. The molecule has 0 atom stereocenters. The van der Waals surface area contributed by atoms with Crippen LogP contribution in [0.15, 0.2) is 24.3 Å². The maximum atomic E-state index is 11.3. The van der Waals surface area contributed by atoms with Crippen molar-refractivity contribution in [3.63, 3.8) is 0 Å². The molecule has 0 aliphatic rings. The molecule has 0 aromatic heterocycles. The van der Waals surface area contributed by atoms with Gasteiger partial charge in [-0.3, -0.25) is 0 Å². The SMILES string of the molecule is CC(C)(C)Cc1cc(CC(C)(C)C)c(O)c(Nc2cc(CC(C)(C)C)cc(CC(C)(C)C)c2O)c1. The highest BCUT2D eigenvalue weighted by Crippen LogP contribution is 2.41. The van der Waals surface area contributed by atoms with Gasteiger partial charge in [0.05, 0.1) is 11.4 Å². The number of phenols is 2. The number of benzene rings is 2. The van der Waals surface area contributed by atoms with Crippen LogP contribution in [0.5, 0.6) is 11.5 Å². The molecule has 0 fully saturated rings. The summed E-state index contributed by atoms with van der Waals surface area (Å²) in [5, 5.41) is 26.0. The fourth-order valence-electron chi connectivity index (χ4n) is 4.70. The number of phenolic OH excluding ortho intramolecular Hbond substituents is 2. The molecule has 2 aromatic carbocycles. The molecule has 0 spiro atoms. The predicted octanol–water partition coefficient (Wildman–Crippen LogP) is 9.20. The van der Waals surface area contributed by atoms with Crippen molar-refractivity contribution in [3.05, 3.63) is 46.5 Å². The molecule has 35 heavy (non-hydrogen) atoms. The van der Waals surface area contributed by atoms with Crippen LogP contribution >= 0.6 is 0 Å². The Balaban J connectivity index is 2.64. The average Bonchev–Trinajstić information content (AvgIpc) is 2.57. The Bertz CT molecular complexity index is 938. The van der Waals surface area contributed by atoms with Gasteiger partial charge in [-0.25, -0.2) is 0 Å². The van der Waals surface area contributed by atoms with Gasteiger partial charge in [-0.2, -0.15) is 0 Å². The first-order valence-electron chi connectivity index (χ1n) is 13.1. The number of nitrogens with one attached hydrogen (secondary N) is 1. The summed E-state index contributed by atoms with van der Waals surface area (Å²) < 4.78 is 0. The Morgan fingerprint density at radius 3 is 1.03 bits per heavy atom. The highest BCUT2D eigenvalue weighted by molar-refractivity contribution is 5.74. The second kappa shape index (κ2) is 10.1. The van der Waals surface area contributed by atoms with Crippen LogP contribution in [0, 0.1) is 21.7 Å². The van der Waals surface area contributed by atoms with Gasteiger partial charge in [0.2, 0.25) is 0 Å². The van der Waals surface area contributed by atoms with Crippen LogP contribution in [-0.4, -0.2) is 10.2 Å². The highest BCUT2D eigenvalue weighted by Gasteiger charge is 2.23. The van der Waals surface area contributed by atoms with Gasteiger partial charge in [0.15, 0.2) is 0 Å². The van der Waals surface area contributed by atoms with Gasteiger partial charge in [0.1, 0.15) is 11.5 Å². The van der Waals surface area contributed by atoms with E-state index in [4.69, 9.17) is 0 Å². The Kier molecular flexibility index (Phi) is 8.36. The standard InChI is InChI=1S/C32H51NO2/c1-29(2,3)17-21-13-23(19-31(7,8)9)27(34)25(15-21)33-26-16-22(18-30(4,5)6)14-24(28(26)35)20-32(10,11)12/h13-16,33-35H,17-20H2,1-12H3. The fourth-order valence-corrected chi connectivity index (χ4v) is 4.70. The maximum absolute atomic E-state index is 11.3. The molecule has 3 heteroatoms. The Labute approximate surface area is 215 Å². The van der Waals surface area contributed by atoms with E-state index in [1.807, 2.05) is 12.1 Å². The molecule has 0 aliphatic heterocycles. The number of aromatic hydroxyl groups is 2. The molecule has 0 saturated carbocycles. The molecular formula is C32H51NO2. The maximum Gasteiger partial charge on any atom is 0.142 e. The van der Waals surface area contributed by atoms with Gasteiger partial charge in [0, 0.05) is 0 Å². The third kappa shape index (κ3) is 9.78. The third-order valence-electron chi connectivity index (χ3n) is 5.68. The summed E-state index contributed by atoms with van der Waals surface area (Å²) in [6, 6.07) is 8.40. The van der Waals surface area contributed by atoms with Gasteiger partial charge in [-0.1, -0.05) is 95.2 Å². The van der Waals surface area contributed by atoms with Crippen LogP contribution in [0.25, 0.3) is 0 Å². The van der Waals surface area contributed by atoms with Crippen molar-refractivity contribution in [1.29, 1.82) is 0 Å². The lowest BCUT2D eigenvalue weighted by Gasteiger charge is -2.25. The lowest BCUT2D eigenvalue weighted by Crippen LogP contribution is -2.13. The van der Waals surface area contributed by atoms with Crippen molar-refractivity contribution in [1.82, 2.24) is 0 Å². The minimum atomic E-state index is 0.0454. The molecule has 2 rings (SSSR count). The van der Waals surface area contributed by atoms with E-state index in [2.05, 4.69) is 101 Å². The topological polar surface area (TPSA) is 52.5 Å². The molecule has 0 bridgehead atoms. The summed E-state index contributed by atoms with van der Waals surface area (Å²) in [6.07, 6.45) is 3.36. The van der Waals surface area contributed by atoms with Gasteiger partial charge < -0.3 is 15.5 Å². The van der Waals surface area contributed by atoms with Gasteiger partial charge in [0.25, 0.3) is 0 Å². The Morgan fingerprint density at radius 1 is 0.486 bits per heavy atom. The molecular weight excluding hydrogens is 430 g/mol. The number of hydrogen-bond acceptors (Lipinski definition) is 3. The molecule has 2 aromatic rings. The van der Waals surface area contributed by atoms with Gasteiger partial charge >= 0.3 is 0 Å². The summed E-state index contributed by atoms with van der Waals surface area (Å²) in [4.78, 5) is 0. The molecule has 0 heterocycles. The molecule has 0 saturated heterocycles. The minimum absolute atomic E-state index is 0.0454. The fraction of sp³-hybridized carbons (Fsp3) is 0.625. The van der Waals surface area contributed by atoms with E-state index >= 15 is 0 Å². The summed E-state index contributed by atoms with van der Waals surface area (Å²) in [5.74, 6) is 0.547. The zero-order valence-electron chi connectivity index (χ0n) is 24.5. The number of anilines is 2. The van der Waals surface area contributed by atoms with Crippen LogP contribution in [0.3, 0.4) is 0 Å². The van der Waals surface area contributed by atoms with E-state index < -0.39 is 0 Å². The highest BCUT2D eigenvalue weighted by atomic mass is 16.3. The number of hydrogen-bond donors (Lipinski definition) is 3. The van der Waals surface area contributed by atoms with Crippen LogP contribution in [0.1, 0.15) is 105 Å². The van der Waals surface area contributed by atoms with Crippen molar-refractivity contribution in [2.24, 2.45) is 21.7 Å². The second-order valence-electron chi connectivity index (χ2n) is 15.4. The molecule has 0 unspecified atom stereocenters. The van der Waals surface area contributed by atoms with Crippen LogP contribution in [0.4, 0.5) is 11.4 Å². The summed E-state index contributed by atoms with van der Waals surface area (Å²) in [6.45, 7) is 26.5. The zero-order chi connectivity index (χ0) is 27.0. The van der Waals surface area contributed by atoms with Crippen LogP contribution < -0.4 is 5.32 Å². The van der Waals surface area contributed by atoms with E-state index in [1.54, 1.807) is 0 Å².